The summed E-state index contributed by atoms with van der Waals surface area (Å²) in [5.74, 6) is 5.48. The number of nitrogens with two attached hydrogens (primary N) is 1. The summed E-state index contributed by atoms with van der Waals surface area (Å²) >= 11 is 0. The second kappa shape index (κ2) is 4.37. The van der Waals surface area contributed by atoms with Crippen molar-refractivity contribution in [3.8, 4) is 0 Å². The van der Waals surface area contributed by atoms with Gasteiger partial charge in [-0.05, 0) is 5.56 Å². The molecule has 72 valence electrons. The van der Waals surface area contributed by atoms with E-state index in [0.717, 1.165) is 5.56 Å². The molecule has 0 aliphatic carbocycles. The fraction of sp³-hybridized carbons (Fsp3) is 0.400. The Labute approximate surface area is 78.8 Å². The van der Waals surface area contributed by atoms with Crippen LogP contribution < -0.4 is 5.84 Å². The molecular formula is C10H16N2O. The SMILES string of the molecule is CC(c1ccccc1)C(O)N(C)N. The molecule has 1 rings (SSSR count). The summed E-state index contributed by atoms with van der Waals surface area (Å²) < 4.78 is 0. The van der Waals surface area contributed by atoms with E-state index in [1.165, 1.54) is 5.01 Å². The first-order chi connectivity index (χ1) is 6.13. The fourth-order valence-electron chi connectivity index (χ4n) is 1.28. The van der Waals surface area contributed by atoms with Gasteiger partial charge in [0.05, 0.1) is 0 Å². The third-order valence-electron chi connectivity index (χ3n) is 2.19. The van der Waals surface area contributed by atoms with Gasteiger partial charge < -0.3 is 5.11 Å². The number of likely N-dealkylation sites (N-methyl/N-ethyl adjacent to an activating group) is 1. The minimum Gasteiger partial charge on any atom is -0.377 e. The summed E-state index contributed by atoms with van der Waals surface area (Å²) in [6.07, 6.45) is -0.637. The number of benzene rings is 1. The van der Waals surface area contributed by atoms with Crippen LogP contribution in [0.25, 0.3) is 0 Å². The monoisotopic (exact) mass is 180 g/mol. The van der Waals surface area contributed by atoms with Gasteiger partial charge in [-0.15, -0.1) is 0 Å². The third kappa shape index (κ3) is 2.52. The van der Waals surface area contributed by atoms with Gasteiger partial charge in [0, 0.05) is 13.0 Å². The average molecular weight is 180 g/mol. The molecule has 0 radical (unpaired) electrons. The molecule has 0 bridgehead atoms. The van der Waals surface area contributed by atoms with Gasteiger partial charge in [0.25, 0.3) is 0 Å². The van der Waals surface area contributed by atoms with Crippen molar-refractivity contribution >= 4 is 0 Å². The Kier molecular flexibility index (Phi) is 3.42. The highest BCUT2D eigenvalue weighted by Gasteiger charge is 2.17. The molecule has 13 heavy (non-hydrogen) atoms. The minimum atomic E-state index is -0.637. The zero-order chi connectivity index (χ0) is 9.84. The van der Waals surface area contributed by atoms with Crippen LogP contribution in [0.4, 0.5) is 0 Å². The van der Waals surface area contributed by atoms with E-state index >= 15 is 0 Å². The van der Waals surface area contributed by atoms with E-state index in [4.69, 9.17) is 5.84 Å². The van der Waals surface area contributed by atoms with Crippen LogP contribution >= 0.6 is 0 Å². The number of rotatable bonds is 3. The molecule has 0 aromatic heterocycles. The standard InChI is InChI=1S/C10H16N2O/c1-8(10(13)12(2)11)9-6-4-3-5-7-9/h3-8,10,13H,11H2,1-2H3. The maximum absolute atomic E-state index is 9.65. The van der Waals surface area contributed by atoms with Crippen molar-refractivity contribution in [3.63, 3.8) is 0 Å². The van der Waals surface area contributed by atoms with Crippen LogP contribution in [-0.4, -0.2) is 23.4 Å². The van der Waals surface area contributed by atoms with E-state index in [9.17, 15) is 5.11 Å². The highest BCUT2D eigenvalue weighted by atomic mass is 16.3. The normalized spacial score (nSPS) is 15.8. The Morgan fingerprint density at radius 3 is 2.31 bits per heavy atom. The van der Waals surface area contributed by atoms with Gasteiger partial charge >= 0.3 is 0 Å². The number of hydrogen-bond acceptors (Lipinski definition) is 3. The second-order valence-electron chi connectivity index (χ2n) is 3.28. The van der Waals surface area contributed by atoms with E-state index in [1.54, 1.807) is 7.05 Å². The first-order valence-corrected chi connectivity index (χ1v) is 4.33. The molecule has 1 aromatic carbocycles. The fourth-order valence-corrected chi connectivity index (χ4v) is 1.28. The van der Waals surface area contributed by atoms with Gasteiger partial charge in [-0.1, -0.05) is 37.3 Å². The Hall–Kier alpha value is -0.900. The molecule has 0 saturated heterocycles. The van der Waals surface area contributed by atoms with Crippen LogP contribution in [0, 0.1) is 0 Å². The number of hydrazine groups is 1. The summed E-state index contributed by atoms with van der Waals surface area (Å²) in [6, 6.07) is 9.83. The lowest BCUT2D eigenvalue weighted by molar-refractivity contribution is 0.00371. The summed E-state index contributed by atoms with van der Waals surface area (Å²) in [6.45, 7) is 1.95. The topological polar surface area (TPSA) is 49.5 Å². The van der Waals surface area contributed by atoms with Crippen molar-refractivity contribution < 1.29 is 5.11 Å². The van der Waals surface area contributed by atoms with Crippen molar-refractivity contribution in [1.29, 1.82) is 0 Å². The molecule has 0 aliphatic heterocycles. The van der Waals surface area contributed by atoms with E-state index in [-0.39, 0.29) is 5.92 Å². The summed E-state index contributed by atoms with van der Waals surface area (Å²) in [4.78, 5) is 0. The molecule has 2 unspecified atom stereocenters. The highest BCUT2D eigenvalue weighted by Crippen LogP contribution is 2.18. The van der Waals surface area contributed by atoms with Gasteiger partial charge in [0.1, 0.15) is 6.23 Å². The Balaban J connectivity index is 2.73. The van der Waals surface area contributed by atoms with Crippen molar-refractivity contribution in [3.05, 3.63) is 35.9 Å². The third-order valence-corrected chi connectivity index (χ3v) is 2.19. The maximum atomic E-state index is 9.65. The Morgan fingerprint density at radius 1 is 1.31 bits per heavy atom. The van der Waals surface area contributed by atoms with Crippen LogP contribution in [0.1, 0.15) is 18.4 Å². The number of aliphatic hydroxyl groups is 1. The molecule has 0 amide bonds. The number of hydrogen-bond donors (Lipinski definition) is 2. The Morgan fingerprint density at radius 2 is 1.85 bits per heavy atom. The zero-order valence-electron chi connectivity index (χ0n) is 8.01. The second-order valence-corrected chi connectivity index (χ2v) is 3.28. The largest absolute Gasteiger partial charge is 0.377 e. The van der Waals surface area contributed by atoms with Crippen LogP contribution in [0.3, 0.4) is 0 Å². The molecule has 3 N–H and O–H groups in total. The average Bonchev–Trinajstić information content (AvgIpc) is 2.17. The lowest BCUT2D eigenvalue weighted by Crippen LogP contribution is -2.40. The molecule has 2 atom stereocenters. The first kappa shape index (κ1) is 10.2. The maximum Gasteiger partial charge on any atom is 0.125 e. The van der Waals surface area contributed by atoms with Crippen molar-refractivity contribution in [2.45, 2.75) is 19.1 Å². The van der Waals surface area contributed by atoms with Crippen LogP contribution in [0.5, 0.6) is 0 Å². The van der Waals surface area contributed by atoms with Gasteiger partial charge in [0.15, 0.2) is 0 Å². The van der Waals surface area contributed by atoms with E-state index in [1.807, 2.05) is 37.3 Å². The molecular weight excluding hydrogens is 164 g/mol. The van der Waals surface area contributed by atoms with Crippen molar-refractivity contribution in [2.24, 2.45) is 5.84 Å². The number of aliphatic hydroxyl groups excluding tert-OH is 1. The van der Waals surface area contributed by atoms with E-state index in [0.29, 0.717) is 0 Å². The van der Waals surface area contributed by atoms with Crippen molar-refractivity contribution in [2.75, 3.05) is 7.05 Å². The van der Waals surface area contributed by atoms with E-state index < -0.39 is 6.23 Å². The quantitative estimate of drug-likeness (QED) is 0.413. The predicted molar refractivity (Wildman–Crippen MR) is 52.8 cm³/mol. The molecule has 0 saturated carbocycles. The summed E-state index contributed by atoms with van der Waals surface area (Å²) in [5, 5.41) is 11.0. The molecule has 3 heteroatoms. The van der Waals surface area contributed by atoms with Crippen LogP contribution in [-0.2, 0) is 0 Å². The molecule has 0 heterocycles. The lowest BCUT2D eigenvalue weighted by atomic mass is 9.99. The van der Waals surface area contributed by atoms with Gasteiger partial charge in [0.2, 0.25) is 0 Å². The van der Waals surface area contributed by atoms with Crippen molar-refractivity contribution in [1.82, 2.24) is 5.01 Å². The van der Waals surface area contributed by atoms with Gasteiger partial charge in [-0.3, -0.25) is 5.84 Å². The first-order valence-electron chi connectivity index (χ1n) is 4.33. The van der Waals surface area contributed by atoms with Crippen LogP contribution in [0.15, 0.2) is 30.3 Å². The lowest BCUT2D eigenvalue weighted by Gasteiger charge is -2.24. The summed E-state index contributed by atoms with van der Waals surface area (Å²) in [5.41, 5.74) is 1.09. The summed E-state index contributed by atoms with van der Waals surface area (Å²) in [7, 11) is 1.66. The van der Waals surface area contributed by atoms with E-state index in [2.05, 4.69) is 0 Å². The number of nitrogens with zero attached hydrogens (tertiary/aromatic N) is 1. The molecule has 0 aliphatic rings. The smallest absolute Gasteiger partial charge is 0.125 e. The zero-order valence-corrected chi connectivity index (χ0v) is 8.01. The minimum absolute atomic E-state index is 0.0243. The molecule has 3 nitrogen and oxygen atoms in total. The molecule has 0 fully saturated rings. The highest BCUT2D eigenvalue weighted by molar-refractivity contribution is 5.19. The Bertz CT molecular complexity index is 248. The van der Waals surface area contributed by atoms with Gasteiger partial charge in [-0.25, -0.2) is 5.01 Å². The molecule has 1 aromatic rings. The molecule has 0 spiro atoms. The predicted octanol–water partition coefficient (Wildman–Crippen LogP) is 0.914. The van der Waals surface area contributed by atoms with Gasteiger partial charge in [-0.2, -0.15) is 0 Å². The van der Waals surface area contributed by atoms with Crippen LogP contribution in [0.2, 0.25) is 0 Å².